The Morgan fingerprint density at radius 1 is 1.64 bits per heavy atom. The highest BCUT2D eigenvalue weighted by Crippen LogP contribution is 2.05. The molecule has 1 aromatic heterocycles. The number of carbonyl (C=O) groups excluding carboxylic acids is 1. The standard InChI is InChI=1S/C10H16N2OS/c1-8(2)11-4-3-9(13)7-10-12-5-6-14-10/h5-6,8,11H,3-4,7H2,1-2H3. The van der Waals surface area contributed by atoms with Crippen LogP contribution in [0, 0.1) is 0 Å². The third kappa shape index (κ3) is 4.48. The lowest BCUT2D eigenvalue weighted by Crippen LogP contribution is -2.25. The van der Waals surface area contributed by atoms with Crippen LogP contribution in [0.4, 0.5) is 0 Å². The van der Waals surface area contributed by atoms with Crippen LogP contribution in [-0.2, 0) is 11.2 Å². The molecule has 1 heterocycles. The molecule has 0 radical (unpaired) electrons. The number of ketones is 1. The lowest BCUT2D eigenvalue weighted by atomic mass is 10.2. The summed E-state index contributed by atoms with van der Waals surface area (Å²) in [6.07, 6.45) is 2.81. The van der Waals surface area contributed by atoms with E-state index in [1.165, 1.54) is 11.3 Å². The Labute approximate surface area is 88.6 Å². The molecule has 0 atom stereocenters. The van der Waals surface area contributed by atoms with Gasteiger partial charge in [-0.15, -0.1) is 11.3 Å². The maximum atomic E-state index is 11.4. The van der Waals surface area contributed by atoms with Crippen molar-refractivity contribution in [1.29, 1.82) is 0 Å². The fraction of sp³-hybridized carbons (Fsp3) is 0.600. The summed E-state index contributed by atoms with van der Waals surface area (Å²) in [7, 11) is 0. The van der Waals surface area contributed by atoms with E-state index in [9.17, 15) is 4.79 Å². The van der Waals surface area contributed by atoms with E-state index in [-0.39, 0.29) is 5.78 Å². The van der Waals surface area contributed by atoms with Gasteiger partial charge in [-0.25, -0.2) is 4.98 Å². The molecular weight excluding hydrogens is 196 g/mol. The number of aromatic nitrogens is 1. The monoisotopic (exact) mass is 212 g/mol. The molecule has 1 N–H and O–H groups in total. The average molecular weight is 212 g/mol. The summed E-state index contributed by atoms with van der Waals surface area (Å²) in [5.74, 6) is 0.258. The summed E-state index contributed by atoms with van der Waals surface area (Å²) >= 11 is 1.54. The molecule has 0 aliphatic rings. The number of carbonyl (C=O) groups is 1. The first kappa shape index (κ1) is 11.3. The highest BCUT2D eigenvalue weighted by Gasteiger charge is 2.05. The maximum absolute atomic E-state index is 11.4. The van der Waals surface area contributed by atoms with Crippen molar-refractivity contribution in [2.24, 2.45) is 0 Å². The topological polar surface area (TPSA) is 42.0 Å². The van der Waals surface area contributed by atoms with Crippen LogP contribution < -0.4 is 5.32 Å². The predicted octanol–water partition coefficient (Wildman–Crippen LogP) is 1.64. The van der Waals surface area contributed by atoms with Gasteiger partial charge >= 0.3 is 0 Å². The van der Waals surface area contributed by atoms with Gasteiger partial charge in [0.2, 0.25) is 0 Å². The first-order valence-corrected chi connectivity index (χ1v) is 5.70. The minimum Gasteiger partial charge on any atom is -0.314 e. The average Bonchev–Trinajstić information content (AvgIpc) is 2.56. The minimum atomic E-state index is 0.258. The first-order chi connectivity index (χ1) is 6.68. The van der Waals surface area contributed by atoms with Gasteiger partial charge in [0.15, 0.2) is 0 Å². The molecule has 78 valence electrons. The Morgan fingerprint density at radius 2 is 2.43 bits per heavy atom. The number of hydrogen-bond donors (Lipinski definition) is 1. The van der Waals surface area contributed by atoms with Crippen molar-refractivity contribution >= 4 is 17.1 Å². The molecule has 1 aromatic rings. The normalized spacial score (nSPS) is 10.8. The molecule has 0 aliphatic carbocycles. The smallest absolute Gasteiger partial charge is 0.140 e. The lowest BCUT2D eigenvalue weighted by molar-refractivity contribution is -0.118. The van der Waals surface area contributed by atoms with Gasteiger partial charge in [-0.1, -0.05) is 13.8 Å². The molecule has 4 heteroatoms. The Morgan fingerprint density at radius 3 is 3.00 bits per heavy atom. The molecule has 0 bridgehead atoms. The summed E-state index contributed by atoms with van der Waals surface area (Å²) in [5, 5.41) is 6.03. The summed E-state index contributed by atoms with van der Waals surface area (Å²) in [4.78, 5) is 15.5. The van der Waals surface area contributed by atoms with E-state index in [0.29, 0.717) is 18.9 Å². The molecule has 1 rings (SSSR count). The SMILES string of the molecule is CC(C)NCCC(=O)Cc1nccs1. The number of nitrogens with one attached hydrogen (secondary N) is 1. The van der Waals surface area contributed by atoms with Crippen molar-refractivity contribution in [2.75, 3.05) is 6.54 Å². The molecule has 0 saturated heterocycles. The molecule has 3 nitrogen and oxygen atoms in total. The highest BCUT2D eigenvalue weighted by molar-refractivity contribution is 7.09. The molecular formula is C10H16N2OS. The number of hydrogen-bond acceptors (Lipinski definition) is 4. The summed E-state index contributed by atoms with van der Waals surface area (Å²) in [5.41, 5.74) is 0. The number of Topliss-reactive ketones (excluding diaryl/α,β-unsaturated/α-hetero) is 1. The van der Waals surface area contributed by atoms with Gasteiger partial charge in [-0.2, -0.15) is 0 Å². The Balaban J connectivity index is 2.17. The Hall–Kier alpha value is -0.740. The fourth-order valence-electron chi connectivity index (χ4n) is 1.10. The van der Waals surface area contributed by atoms with E-state index in [0.717, 1.165) is 11.6 Å². The van der Waals surface area contributed by atoms with Gasteiger partial charge in [0.05, 0.1) is 11.4 Å². The lowest BCUT2D eigenvalue weighted by Gasteiger charge is -2.06. The van der Waals surface area contributed by atoms with Crippen molar-refractivity contribution in [3.63, 3.8) is 0 Å². The van der Waals surface area contributed by atoms with Crippen LogP contribution in [0.3, 0.4) is 0 Å². The van der Waals surface area contributed by atoms with Crippen LogP contribution in [0.25, 0.3) is 0 Å². The van der Waals surface area contributed by atoms with E-state index >= 15 is 0 Å². The zero-order valence-electron chi connectivity index (χ0n) is 8.62. The van der Waals surface area contributed by atoms with Gasteiger partial charge in [-0.3, -0.25) is 4.79 Å². The molecule has 0 aromatic carbocycles. The molecule has 0 amide bonds. The molecule has 0 unspecified atom stereocenters. The second-order valence-corrected chi connectivity index (χ2v) is 4.48. The second-order valence-electron chi connectivity index (χ2n) is 3.50. The van der Waals surface area contributed by atoms with Crippen LogP contribution in [0.5, 0.6) is 0 Å². The van der Waals surface area contributed by atoms with Crippen LogP contribution in [0.1, 0.15) is 25.3 Å². The second kappa shape index (κ2) is 5.88. The number of nitrogens with zero attached hydrogens (tertiary/aromatic N) is 1. The van der Waals surface area contributed by atoms with Crippen molar-refractivity contribution in [2.45, 2.75) is 32.7 Å². The van der Waals surface area contributed by atoms with Crippen molar-refractivity contribution in [3.05, 3.63) is 16.6 Å². The van der Waals surface area contributed by atoms with E-state index in [2.05, 4.69) is 24.1 Å². The Bertz CT molecular complexity index is 270. The van der Waals surface area contributed by atoms with Gasteiger partial charge in [0, 0.05) is 30.6 Å². The molecule has 0 fully saturated rings. The summed E-state index contributed by atoms with van der Waals surface area (Å²) in [6, 6.07) is 0.447. The largest absolute Gasteiger partial charge is 0.314 e. The third-order valence-corrected chi connectivity index (χ3v) is 2.57. The molecule has 0 saturated carbocycles. The van der Waals surface area contributed by atoms with Crippen LogP contribution in [0.2, 0.25) is 0 Å². The zero-order valence-corrected chi connectivity index (χ0v) is 9.43. The van der Waals surface area contributed by atoms with Crippen LogP contribution in [0.15, 0.2) is 11.6 Å². The molecule has 0 spiro atoms. The van der Waals surface area contributed by atoms with Gasteiger partial charge in [0.25, 0.3) is 0 Å². The van der Waals surface area contributed by atoms with Crippen LogP contribution in [-0.4, -0.2) is 23.4 Å². The Kier molecular flexibility index (Phi) is 4.76. The summed E-state index contributed by atoms with van der Waals surface area (Å²) in [6.45, 7) is 4.92. The highest BCUT2D eigenvalue weighted by atomic mass is 32.1. The van der Waals surface area contributed by atoms with E-state index in [1.807, 2.05) is 5.38 Å². The first-order valence-electron chi connectivity index (χ1n) is 4.82. The fourth-order valence-corrected chi connectivity index (χ4v) is 1.74. The quantitative estimate of drug-likeness (QED) is 0.779. The van der Waals surface area contributed by atoms with E-state index in [4.69, 9.17) is 0 Å². The zero-order chi connectivity index (χ0) is 10.4. The van der Waals surface area contributed by atoms with Gasteiger partial charge in [0.1, 0.15) is 5.78 Å². The predicted molar refractivity (Wildman–Crippen MR) is 58.6 cm³/mol. The van der Waals surface area contributed by atoms with Crippen molar-refractivity contribution < 1.29 is 4.79 Å². The van der Waals surface area contributed by atoms with Crippen molar-refractivity contribution in [1.82, 2.24) is 10.3 Å². The summed E-state index contributed by atoms with van der Waals surface area (Å²) < 4.78 is 0. The van der Waals surface area contributed by atoms with Crippen molar-refractivity contribution in [3.8, 4) is 0 Å². The maximum Gasteiger partial charge on any atom is 0.140 e. The van der Waals surface area contributed by atoms with Gasteiger partial charge < -0.3 is 5.32 Å². The molecule has 14 heavy (non-hydrogen) atoms. The van der Waals surface area contributed by atoms with E-state index in [1.54, 1.807) is 6.20 Å². The number of rotatable bonds is 6. The van der Waals surface area contributed by atoms with E-state index < -0.39 is 0 Å². The third-order valence-electron chi connectivity index (χ3n) is 1.79. The molecule has 0 aliphatic heterocycles. The minimum absolute atomic E-state index is 0.258. The number of thiazole rings is 1. The van der Waals surface area contributed by atoms with Crippen LogP contribution >= 0.6 is 11.3 Å². The van der Waals surface area contributed by atoms with Gasteiger partial charge in [-0.05, 0) is 0 Å².